The third kappa shape index (κ3) is 2.19. The van der Waals surface area contributed by atoms with Gasteiger partial charge in [0, 0.05) is 25.5 Å². The number of carboxylic acids is 1. The fraction of sp³-hybridized carbons (Fsp3) is 0.412. The molecule has 3 heterocycles. The summed E-state index contributed by atoms with van der Waals surface area (Å²) in [6, 6.07) is 3.66. The molecule has 0 unspecified atom stereocenters. The lowest BCUT2D eigenvalue weighted by Gasteiger charge is -2.23. The molecule has 2 aromatic heterocycles. The molecule has 24 heavy (non-hydrogen) atoms. The van der Waals surface area contributed by atoms with Crippen molar-refractivity contribution in [3.63, 3.8) is 0 Å². The van der Waals surface area contributed by atoms with Gasteiger partial charge in [0.1, 0.15) is 0 Å². The predicted octanol–water partition coefficient (Wildman–Crippen LogP) is 1.59. The van der Waals surface area contributed by atoms with Crippen LogP contribution in [0.4, 0.5) is 0 Å². The first-order valence-corrected chi connectivity index (χ1v) is 8.08. The van der Waals surface area contributed by atoms with Gasteiger partial charge in [0.15, 0.2) is 0 Å². The van der Waals surface area contributed by atoms with Gasteiger partial charge in [-0.2, -0.15) is 5.10 Å². The van der Waals surface area contributed by atoms with Gasteiger partial charge in [-0.3, -0.25) is 14.6 Å². The van der Waals surface area contributed by atoms with E-state index >= 15 is 0 Å². The Morgan fingerprint density at radius 3 is 2.92 bits per heavy atom. The molecular formula is C17H18N4O3. The molecule has 1 aliphatic carbocycles. The van der Waals surface area contributed by atoms with Crippen LogP contribution in [-0.4, -0.2) is 49.7 Å². The molecule has 124 valence electrons. The van der Waals surface area contributed by atoms with Gasteiger partial charge < -0.3 is 10.0 Å². The van der Waals surface area contributed by atoms with Gasteiger partial charge in [0.25, 0.3) is 5.91 Å². The lowest BCUT2D eigenvalue weighted by atomic mass is 9.81. The number of likely N-dealkylation sites (tertiary alicyclic amines) is 1. The van der Waals surface area contributed by atoms with Crippen molar-refractivity contribution in [2.75, 3.05) is 13.1 Å². The van der Waals surface area contributed by atoms with Crippen LogP contribution in [-0.2, 0) is 4.79 Å². The Kier molecular flexibility index (Phi) is 3.37. The normalized spacial score (nSPS) is 25.7. The van der Waals surface area contributed by atoms with Crippen LogP contribution in [0.3, 0.4) is 0 Å². The molecule has 1 aliphatic heterocycles. The zero-order valence-electron chi connectivity index (χ0n) is 13.1. The average Bonchev–Trinajstić information content (AvgIpc) is 3.29. The summed E-state index contributed by atoms with van der Waals surface area (Å²) in [5.74, 6) is -0.862. The molecule has 1 saturated carbocycles. The zero-order valence-corrected chi connectivity index (χ0v) is 13.1. The third-order valence-electron chi connectivity index (χ3n) is 5.32. The maximum absolute atomic E-state index is 12.8. The summed E-state index contributed by atoms with van der Waals surface area (Å²) in [6.45, 7) is 0.813. The number of carboxylic acid groups (broad SMARTS) is 1. The molecule has 7 nitrogen and oxygen atoms in total. The van der Waals surface area contributed by atoms with Crippen LogP contribution in [0.15, 0.2) is 36.9 Å². The molecule has 2 aromatic rings. The number of pyridine rings is 1. The zero-order chi connectivity index (χ0) is 16.7. The summed E-state index contributed by atoms with van der Waals surface area (Å²) in [4.78, 5) is 30.2. The first kappa shape index (κ1) is 14.9. The van der Waals surface area contributed by atoms with E-state index in [0.717, 1.165) is 18.5 Å². The van der Waals surface area contributed by atoms with E-state index < -0.39 is 11.4 Å². The van der Waals surface area contributed by atoms with Crippen molar-refractivity contribution in [1.82, 2.24) is 19.7 Å². The SMILES string of the molecule is O=C(c1cnn(-c2cccnc2)c1)N1C[C@@H]2CCC[C@@]2(C(=O)O)C1. The summed E-state index contributed by atoms with van der Waals surface area (Å²) in [6.07, 6.45) is 9.00. The Morgan fingerprint density at radius 1 is 1.33 bits per heavy atom. The van der Waals surface area contributed by atoms with Gasteiger partial charge >= 0.3 is 5.97 Å². The molecule has 0 radical (unpaired) electrons. The van der Waals surface area contributed by atoms with Crippen molar-refractivity contribution >= 4 is 11.9 Å². The number of carbonyl (C=O) groups excluding carboxylic acids is 1. The molecule has 4 rings (SSSR count). The van der Waals surface area contributed by atoms with Crippen LogP contribution in [0.1, 0.15) is 29.6 Å². The Hall–Kier alpha value is -2.70. The van der Waals surface area contributed by atoms with Crippen molar-refractivity contribution in [2.45, 2.75) is 19.3 Å². The molecule has 2 atom stereocenters. The van der Waals surface area contributed by atoms with E-state index in [1.807, 2.05) is 6.07 Å². The van der Waals surface area contributed by atoms with Gasteiger partial charge in [0.2, 0.25) is 0 Å². The largest absolute Gasteiger partial charge is 0.481 e. The molecule has 1 N–H and O–H groups in total. The van der Waals surface area contributed by atoms with Crippen LogP contribution in [0, 0.1) is 11.3 Å². The van der Waals surface area contributed by atoms with Crippen molar-refractivity contribution in [3.8, 4) is 5.69 Å². The van der Waals surface area contributed by atoms with Crippen LogP contribution in [0.2, 0.25) is 0 Å². The molecular weight excluding hydrogens is 308 g/mol. The minimum atomic E-state index is -0.772. The van der Waals surface area contributed by atoms with E-state index in [1.165, 1.54) is 6.20 Å². The van der Waals surface area contributed by atoms with Gasteiger partial charge in [0.05, 0.1) is 29.1 Å². The second-order valence-corrected chi connectivity index (χ2v) is 6.62. The predicted molar refractivity (Wildman–Crippen MR) is 84.7 cm³/mol. The van der Waals surface area contributed by atoms with Crippen LogP contribution >= 0.6 is 0 Å². The molecule has 1 saturated heterocycles. The summed E-state index contributed by atoms with van der Waals surface area (Å²) < 4.78 is 1.60. The number of nitrogens with zero attached hydrogens (tertiary/aromatic N) is 4. The third-order valence-corrected chi connectivity index (χ3v) is 5.32. The maximum Gasteiger partial charge on any atom is 0.311 e. The number of fused-ring (bicyclic) bond motifs is 1. The number of amides is 1. The van der Waals surface area contributed by atoms with Crippen LogP contribution in [0.5, 0.6) is 0 Å². The summed E-state index contributed by atoms with van der Waals surface area (Å²) in [5.41, 5.74) is 0.492. The van der Waals surface area contributed by atoms with E-state index in [2.05, 4.69) is 10.1 Å². The Balaban J connectivity index is 1.55. The fourth-order valence-corrected chi connectivity index (χ4v) is 4.04. The highest BCUT2D eigenvalue weighted by Crippen LogP contribution is 2.49. The number of carbonyl (C=O) groups is 2. The Morgan fingerprint density at radius 2 is 2.21 bits per heavy atom. The highest BCUT2D eigenvalue weighted by Gasteiger charge is 2.55. The van der Waals surface area contributed by atoms with Crippen molar-refractivity contribution < 1.29 is 14.7 Å². The average molecular weight is 326 g/mol. The standard InChI is InChI=1S/C17H18N4O3/c22-15(12-7-19-21(9-12)14-4-2-6-18-8-14)20-10-13-3-1-5-17(13,11-20)16(23)24/h2,4,6-9,13H,1,3,5,10-11H2,(H,23,24)/t13-,17+/m0/s1. The van der Waals surface area contributed by atoms with Gasteiger partial charge in [-0.05, 0) is 30.9 Å². The number of aromatic nitrogens is 3. The van der Waals surface area contributed by atoms with Crippen molar-refractivity contribution in [1.29, 1.82) is 0 Å². The second kappa shape index (κ2) is 5.43. The quantitative estimate of drug-likeness (QED) is 0.925. The number of hydrogen-bond donors (Lipinski definition) is 1. The number of rotatable bonds is 3. The minimum absolute atomic E-state index is 0.0623. The molecule has 0 spiro atoms. The van der Waals surface area contributed by atoms with E-state index in [9.17, 15) is 14.7 Å². The van der Waals surface area contributed by atoms with Crippen molar-refractivity contribution in [3.05, 3.63) is 42.5 Å². The summed E-state index contributed by atoms with van der Waals surface area (Å²) in [5, 5.41) is 13.9. The van der Waals surface area contributed by atoms with E-state index in [-0.39, 0.29) is 11.8 Å². The summed E-state index contributed by atoms with van der Waals surface area (Å²) >= 11 is 0. The van der Waals surface area contributed by atoms with Gasteiger partial charge in [-0.1, -0.05) is 6.42 Å². The molecule has 2 fully saturated rings. The molecule has 1 amide bonds. The van der Waals surface area contributed by atoms with Gasteiger partial charge in [-0.15, -0.1) is 0 Å². The van der Waals surface area contributed by atoms with Crippen molar-refractivity contribution in [2.24, 2.45) is 11.3 Å². The van der Waals surface area contributed by atoms with Crippen LogP contribution in [0.25, 0.3) is 5.69 Å². The molecule has 7 heteroatoms. The lowest BCUT2D eigenvalue weighted by molar-refractivity contribution is -0.149. The second-order valence-electron chi connectivity index (χ2n) is 6.62. The van der Waals surface area contributed by atoms with E-state index in [1.54, 1.807) is 34.2 Å². The smallest absolute Gasteiger partial charge is 0.311 e. The maximum atomic E-state index is 12.8. The van der Waals surface area contributed by atoms with Gasteiger partial charge in [-0.25, -0.2) is 4.68 Å². The summed E-state index contributed by atoms with van der Waals surface area (Å²) in [7, 11) is 0. The number of aliphatic carboxylic acids is 1. The number of hydrogen-bond acceptors (Lipinski definition) is 4. The van der Waals surface area contributed by atoms with Crippen LogP contribution < -0.4 is 0 Å². The highest BCUT2D eigenvalue weighted by atomic mass is 16.4. The Labute approximate surface area is 138 Å². The topological polar surface area (TPSA) is 88.3 Å². The van der Waals surface area contributed by atoms with E-state index in [0.29, 0.717) is 25.1 Å². The minimum Gasteiger partial charge on any atom is -0.481 e. The molecule has 2 aliphatic rings. The molecule has 0 aromatic carbocycles. The monoisotopic (exact) mass is 326 g/mol. The van der Waals surface area contributed by atoms with E-state index in [4.69, 9.17) is 0 Å². The molecule has 0 bridgehead atoms. The lowest BCUT2D eigenvalue weighted by Crippen LogP contribution is -2.37. The fourth-order valence-electron chi connectivity index (χ4n) is 4.04. The first-order chi connectivity index (χ1) is 11.6. The first-order valence-electron chi connectivity index (χ1n) is 8.08. The Bertz CT molecular complexity index is 788. The highest BCUT2D eigenvalue weighted by molar-refractivity contribution is 5.94.